The van der Waals surface area contributed by atoms with Gasteiger partial charge in [-0.1, -0.05) is 72.8 Å². The van der Waals surface area contributed by atoms with E-state index in [1.54, 1.807) is 12.1 Å². The number of phenolic OH excluding ortho intramolecular Hbond substituents is 1. The van der Waals surface area contributed by atoms with Crippen molar-refractivity contribution in [2.45, 2.75) is 19.1 Å². The van der Waals surface area contributed by atoms with Gasteiger partial charge in [-0.2, -0.15) is 0 Å². The van der Waals surface area contributed by atoms with Crippen molar-refractivity contribution in [1.29, 1.82) is 0 Å². The first-order valence-corrected chi connectivity index (χ1v) is 12.1. The number of anilines is 1. The zero-order chi connectivity index (χ0) is 26.0. The lowest BCUT2D eigenvalue weighted by Crippen LogP contribution is -2.30. The molecule has 0 spiro atoms. The van der Waals surface area contributed by atoms with Crippen LogP contribution in [0.2, 0.25) is 0 Å². The molecular weight excluding hydrogens is 468 g/mol. The molecule has 37 heavy (non-hydrogen) atoms. The van der Waals surface area contributed by atoms with Gasteiger partial charge in [-0.05, 0) is 29.7 Å². The number of benzene rings is 3. The predicted molar refractivity (Wildman–Crippen MR) is 142 cm³/mol. The number of aromatic hydroxyl groups is 1. The third-order valence-electron chi connectivity index (χ3n) is 5.90. The molecule has 190 valence electrons. The molecule has 1 heterocycles. The highest BCUT2D eigenvalue weighted by atomic mass is 16.3. The molecule has 0 aliphatic rings. The lowest BCUT2D eigenvalue weighted by atomic mass is 10.1. The van der Waals surface area contributed by atoms with Crippen LogP contribution in [0.5, 0.6) is 5.75 Å². The third-order valence-corrected chi connectivity index (χ3v) is 5.90. The van der Waals surface area contributed by atoms with Gasteiger partial charge in [-0.25, -0.2) is 9.97 Å². The van der Waals surface area contributed by atoms with Crippen LogP contribution in [0, 0.1) is 0 Å². The Morgan fingerprint density at radius 3 is 2.41 bits per heavy atom. The summed E-state index contributed by atoms with van der Waals surface area (Å²) in [6.45, 7) is 0.993. The van der Waals surface area contributed by atoms with Gasteiger partial charge in [0.1, 0.15) is 5.75 Å². The first kappa shape index (κ1) is 25.8. The minimum absolute atomic E-state index is 0.0688. The molecule has 4 aromatic rings. The summed E-state index contributed by atoms with van der Waals surface area (Å²) in [4.78, 5) is 24.2. The summed E-state index contributed by atoms with van der Waals surface area (Å²) < 4.78 is 0. The molecule has 0 fully saturated rings. The van der Waals surface area contributed by atoms with Crippen LogP contribution in [-0.2, 0) is 6.54 Å². The van der Waals surface area contributed by atoms with Crippen molar-refractivity contribution in [3.63, 3.8) is 0 Å². The van der Waals surface area contributed by atoms with E-state index < -0.39 is 6.10 Å². The quantitative estimate of drug-likeness (QED) is 0.249. The largest absolute Gasteiger partial charge is 0.508 e. The van der Waals surface area contributed by atoms with Gasteiger partial charge in [0.05, 0.1) is 24.0 Å². The maximum Gasteiger partial charge on any atom is 0.255 e. The summed E-state index contributed by atoms with van der Waals surface area (Å²) in [5, 5.41) is 32.5. The average molecular weight is 499 g/mol. The second-order valence-corrected chi connectivity index (χ2v) is 8.58. The molecule has 8 nitrogen and oxygen atoms in total. The Bertz CT molecular complexity index is 1300. The van der Waals surface area contributed by atoms with E-state index in [9.17, 15) is 20.1 Å². The maximum atomic E-state index is 13.1. The van der Waals surface area contributed by atoms with Gasteiger partial charge in [0.15, 0.2) is 0 Å². The van der Waals surface area contributed by atoms with E-state index in [1.807, 2.05) is 65.6 Å². The SMILES string of the molecule is O=C(NCCC(O)c1cccc(O)c1)c1cnc(N(CCO)Cc2ccccc2)nc1-c1ccccc1. The lowest BCUT2D eigenvalue weighted by molar-refractivity contribution is 0.0942. The van der Waals surface area contributed by atoms with Crippen molar-refractivity contribution in [3.8, 4) is 17.0 Å². The van der Waals surface area contributed by atoms with E-state index in [1.165, 1.54) is 18.3 Å². The second-order valence-electron chi connectivity index (χ2n) is 8.58. The monoisotopic (exact) mass is 498 g/mol. The van der Waals surface area contributed by atoms with Crippen molar-refractivity contribution in [3.05, 3.63) is 108 Å². The van der Waals surface area contributed by atoms with Crippen molar-refractivity contribution in [2.75, 3.05) is 24.6 Å². The lowest BCUT2D eigenvalue weighted by Gasteiger charge is -2.23. The maximum absolute atomic E-state index is 13.1. The van der Waals surface area contributed by atoms with E-state index in [4.69, 9.17) is 4.98 Å². The molecule has 0 saturated carbocycles. The first-order chi connectivity index (χ1) is 18.0. The molecule has 4 rings (SSSR count). The number of aliphatic hydroxyl groups is 2. The molecule has 1 atom stereocenters. The molecule has 8 heteroatoms. The van der Waals surface area contributed by atoms with Gasteiger partial charge in [-0.3, -0.25) is 4.79 Å². The van der Waals surface area contributed by atoms with E-state index >= 15 is 0 Å². The van der Waals surface area contributed by atoms with Gasteiger partial charge < -0.3 is 25.5 Å². The Morgan fingerprint density at radius 1 is 0.973 bits per heavy atom. The molecule has 3 aromatic carbocycles. The molecule has 1 aromatic heterocycles. The molecule has 0 radical (unpaired) electrons. The number of carbonyl (C=O) groups excluding carboxylic acids is 1. The number of nitrogens with zero attached hydrogens (tertiary/aromatic N) is 3. The number of hydrogen-bond acceptors (Lipinski definition) is 7. The number of amides is 1. The van der Waals surface area contributed by atoms with E-state index in [2.05, 4.69) is 10.3 Å². The number of aliphatic hydroxyl groups excluding tert-OH is 2. The van der Waals surface area contributed by atoms with Crippen molar-refractivity contribution in [2.24, 2.45) is 0 Å². The standard InChI is InChI=1S/C29H30N4O4/c34-17-16-33(20-21-8-3-1-4-9-21)29-31-19-25(27(32-29)22-10-5-2-6-11-22)28(37)30-15-14-26(36)23-12-7-13-24(35)18-23/h1-13,18-19,26,34-36H,14-17,20H2,(H,30,37). The molecule has 0 saturated heterocycles. The molecule has 0 bridgehead atoms. The molecule has 4 N–H and O–H groups in total. The van der Waals surface area contributed by atoms with Gasteiger partial charge >= 0.3 is 0 Å². The highest BCUT2D eigenvalue weighted by molar-refractivity contribution is 5.99. The topological polar surface area (TPSA) is 119 Å². The number of hydrogen-bond donors (Lipinski definition) is 4. The molecule has 1 unspecified atom stereocenters. The van der Waals surface area contributed by atoms with Gasteiger partial charge in [0.25, 0.3) is 5.91 Å². The van der Waals surface area contributed by atoms with Crippen molar-refractivity contribution >= 4 is 11.9 Å². The highest BCUT2D eigenvalue weighted by Gasteiger charge is 2.19. The Labute approximate surface area is 215 Å². The molecule has 0 aliphatic heterocycles. The van der Waals surface area contributed by atoms with Crippen LogP contribution in [0.3, 0.4) is 0 Å². The van der Waals surface area contributed by atoms with E-state index in [0.29, 0.717) is 35.9 Å². The summed E-state index contributed by atoms with van der Waals surface area (Å²) in [7, 11) is 0. The number of rotatable bonds is 11. The normalized spacial score (nSPS) is 11.6. The zero-order valence-corrected chi connectivity index (χ0v) is 20.4. The highest BCUT2D eigenvalue weighted by Crippen LogP contribution is 2.25. The molecule has 0 aliphatic carbocycles. The van der Waals surface area contributed by atoms with Crippen LogP contribution in [0.25, 0.3) is 11.3 Å². The summed E-state index contributed by atoms with van der Waals surface area (Å²) >= 11 is 0. The zero-order valence-electron chi connectivity index (χ0n) is 20.4. The van der Waals surface area contributed by atoms with Crippen LogP contribution in [0.1, 0.15) is 34.0 Å². The summed E-state index contributed by atoms with van der Waals surface area (Å²) in [6.07, 6.45) is 0.946. The Balaban J connectivity index is 1.54. The van der Waals surface area contributed by atoms with Crippen LogP contribution in [-0.4, -0.2) is 50.9 Å². The molecular formula is C29H30N4O4. The minimum atomic E-state index is -0.829. The summed E-state index contributed by atoms with van der Waals surface area (Å²) in [5.41, 5.74) is 3.18. The number of nitrogens with one attached hydrogen (secondary N) is 1. The van der Waals surface area contributed by atoms with Crippen molar-refractivity contribution < 1.29 is 20.1 Å². The fourth-order valence-electron chi connectivity index (χ4n) is 4.00. The number of carbonyl (C=O) groups is 1. The van der Waals surface area contributed by atoms with E-state index in [0.717, 1.165) is 11.1 Å². The van der Waals surface area contributed by atoms with Gasteiger partial charge in [0.2, 0.25) is 5.95 Å². The summed E-state index contributed by atoms with van der Waals surface area (Å²) in [6, 6.07) is 25.7. The van der Waals surface area contributed by atoms with Gasteiger partial charge in [0, 0.05) is 31.4 Å². The van der Waals surface area contributed by atoms with Crippen LogP contribution in [0.4, 0.5) is 5.95 Å². The average Bonchev–Trinajstić information content (AvgIpc) is 2.93. The van der Waals surface area contributed by atoms with Crippen molar-refractivity contribution in [1.82, 2.24) is 15.3 Å². The van der Waals surface area contributed by atoms with Crippen LogP contribution in [0.15, 0.2) is 91.1 Å². The fraction of sp³-hybridized carbons (Fsp3) is 0.207. The van der Waals surface area contributed by atoms with Crippen LogP contribution < -0.4 is 10.2 Å². The molecule has 1 amide bonds. The van der Waals surface area contributed by atoms with E-state index in [-0.39, 0.29) is 31.2 Å². The van der Waals surface area contributed by atoms with Gasteiger partial charge in [-0.15, -0.1) is 0 Å². The summed E-state index contributed by atoms with van der Waals surface area (Å²) in [5.74, 6) is 0.130. The third kappa shape index (κ3) is 6.91. The first-order valence-electron chi connectivity index (χ1n) is 12.1. The minimum Gasteiger partial charge on any atom is -0.508 e. The fourth-order valence-corrected chi connectivity index (χ4v) is 4.00. The number of aromatic nitrogens is 2. The van der Waals surface area contributed by atoms with Crippen LogP contribution >= 0.6 is 0 Å². The second kappa shape index (κ2) is 12.6. The smallest absolute Gasteiger partial charge is 0.255 e. The Kier molecular flexibility index (Phi) is 8.80. The number of phenols is 1. The predicted octanol–water partition coefficient (Wildman–Crippen LogP) is 3.70. The Morgan fingerprint density at radius 2 is 1.70 bits per heavy atom. The Hall–Kier alpha value is -4.27.